The van der Waals surface area contributed by atoms with E-state index in [1.165, 1.54) is 21.2 Å². The number of quaternary nitrogens is 1. The molecule has 3 aromatic rings. The zero-order valence-corrected chi connectivity index (χ0v) is 17.5. The van der Waals surface area contributed by atoms with E-state index in [4.69, 9.17) is 11.6 Å². The summed E-state index contributed by atoms with van der Waals surface area (Å²) in [5.41, 5.74) is 2.32. The number of piperazine rings is 1. The van der Waals surface area contributed by atoms with Crippen LogP contribution in [-0.2, 0) is 11.3 Å². The molecule has 1 fully saturated rings. The van der Waals surface area contributed by atoms with Crippen LogP contribution < -0.4 is 9.80 Å². The first-order valence-corrected chi connectivity index (χ1v) is 10.5. The molecule has 1 N–H and O–H groups in total. The zero-order valence-electron chi connectivity index (χ0n) is 16.8. The monoisotopic (exact) mass is 408 g/mol. The normalized spacial score (nSPS) is 15.5. The highest BCUT2D eigenvalue weighted by Gasteiger charge is 2.24. The molecular weight excluding hydrogens is 382 g/mol. The summed E-state index contributed by atoms with van der Waals surface area (Å²) >= 11 is 6.31. The van der Waals surface area contributed by atoms with E-state index in [2.05, 4.69) is 54.4 Å². The van der Waals surface area contributed by atoms with Gasteiger partial charge in [0.2, 0.25) is 0 Å². The molecule has 1 atom stereocenters. The lowest BCUT2D eigenvalue weighted by Gasteiger charge is -2.36. The molecule has 0 aromatic heterocycles. The summed E-state index contributed by atoms with van der Waals surface area (Å²) in [5, 5.41) is 3.27. The maximum Gasteiger partial charge on any atom is 0.277 e. The van der Waals surface area contributed by atoms with Gasteiger partial charge in [-0.25, -0.2) is 0 Å². The van der Waals surface area contributed by atoms with Crippen LogP contribution in [0.15, 0.2) is 66.7 Å². The molecule has 29 heavy (non-hydrogen) atoms. The third kappa shape index (κ3) is 4.72. The summed E-state index contributed by atoms with van der Waals surface area (Å²) in [4.78, 5) is 18.2. The molecule has 0 radical (unpaired) electrons. The lowest BCUT2D eigenvalue weighted by molar-refractivity contribution is -0.885. The molecule has 1 aliphatic rings. The number of amides is 1. The Bertz CT molecular complexity index is 998. The van der Waals surface area contributed by atoms with Crippen molar-refractivity contribution in [2.24, 2.45) is 0 Å². The summed E-state index contributed by atoms with van der Waals surface area (Å²) in [7, 11) is 2.09. The number of rotatable bonds is 5. The van der Waals surface area contributed by atoms with Gasteiger partial charge in [0.25, 0.3) is 5.91 Å². The van der Waals surface area contributed by atoms with Crippen LogP contribution >= 0.6 is 11.6 Å². The highest BCUT2D eigenvalue weighted by atomic mass is 35.5. The van der Waals surface area contributed by atoms with Crippen molar-refractivity contribution in [3.05, 3.63) is 77.3 Å². The number of para-hydroxylation sites is 1. The highest BCUT2D eigenvalue weighted by molar-refractivity contribution is 6.33. The Morgan fingerprint density at radius 3 is 2.38 bits per heavy atom. The first-order chi connectivity index (χ1) is 14.1. The maximum atomic E-state index is 12.8. The summed E-state index contributed by atoms with van der Waals surface area (Å²) in [6.45, 7) is 4.48. The van der Waals surface area contributed by atoms with E-state index < -0.39 is 0 Å². The van der Waals surface area contributed by atoms with Gasteiger partial charge < -0.3 is 14.7 Å². The van der Waals surface area contributed by atoms with Gasteiger partial charge in [0, 0.05) is 31.7 Å². The number of carbonyl (C=O) groups excluding carboxylic acids is 1. The molecular formula is C24H27ClN3O+. The van der Waals surface area contributed by atoms with Crippen LogP contribution in [0.25, 0.3) is 10.8 Å². The molecule has 1 amide bonds. The van der Waals surface area contributed by atoms with E-state index in [0.29, 0.717) is 6.54 Å². The maximum absolute atomic E-state index is 12.8. The SMILES string of the molecule is C[NH+](CC(=O)N1CCN(c2ccccc2Cl)CC1)Cc1ccc2ccccc2c1. The fourth-order valence-corrected chi connectivity index (χ4v) is 4.29. The van der Waals surface area contributed by atoms with Gasteiger partial charge in [-0.2, -0.15) is 0 Å². The van der Waals surface area contributed by atoms with Crippen LogP contribution in [-0.4, -0.2) is 50.6 Å². The van der Waals surface area contributed by atoms with Crippen molar-refractivity contribution >= 4 is 34.0 Å². The summed E-state index contributed by atoms with van der Waals surface area (Å²) in [6, 6.07) is 22.8. The fraction of sp³-hybridized carbons (Fsp3) is 0.292. The third-order valence-electron chi connectivity index (χ3n) is 5.60. The van der Waals surface area contributed by atoms with Crippen molar-refractivity contribution in [1.82, 2.24) is 4.90 Å². The highest BCUT2D eigenvalue weighted by Crippen LogP contribution is 2.26. The van der Waals surface area contributed by atoms with Gasteiger partial charge in [0.1, 0.15) is 6.54 Å². The molecule has 0 bridgehead atoms. The number of hydrogen-bond acceptors (Lipinski definition) is 2. The molecule has 4 nitrogen and oxygen atoms in total. The van der Waals surface area contributed by atoms with Crippen LogP contribution in [0.2, 0.25) is 5.02 Å². The van der Waals surface area contributed by atoms with E-state index in [-0.39, 0.29) is 5.91 Å². The van der Waals surface area contributed by atoms with E-state index in [1.54, 1.807) is 0 Å². The predicted octanol–water partition coefficient (Wildman–Crippen LogP) is 2.86. The number of hydrogen-bond donors (Lipinski definition) is 1. The zero-order chi connectivity index (χ0) is 20.2. The number of nitrogens with one attached hydrogen (secondary N) is 1. The first-order valence-electron chi connectivity index (χ1n) is 10.2. The largest absolute Gasteiger partial charge is 0.367 e. The van der Waals surface area contributed by atoms with Gasteiger partial charge in [-0.3, -0.25) is 4.79 Å². The second kappa shape index (κ2) is 8.85. The number of benzene rings is 3. The van der Waals surface area contributed by atoms with Gasteiger partial charge in [-0.05, 0) is 29.0 Å². The Balaban J connectivity index is 1.30. The Hall–Kier alpha value is -2.56. The molecule has 1 aliphatic heterocycles. The molecule has 4 rings (SSSR count). The second-order valence-electron chi connectivity index (χ2n) is 7.81. The van der Waals surface area contributed by atoms with Gasteiger partial charge >= 0.3 is 0 Å². The number of halogens is 1. The Labute approximate surface area is 177 Å². The molecule has 1 unspecified atom stereocenters. The average Bonchev–Trinajstić information content (AvgIpc) is 2.74. The van der Waals surface area contributed by atoms with Gasteiger partial charge in [0.05, 0.1) is 17.8 Å². The Morgan fingerprint density at radius 1 is 0.931 bits per heavy atom. The van der Waals surface area contributed by atoms with Crippen molar-refractivity contribution in [3.8, 4) is 0 Å². The van der Waals surface area contributed by atoms with E-state index in [9.17, 15) is 4.79 Å². The molecule has 0 aliphatic carbocycles. The fourth-order valence-electron chi connectivity index (χ4n) is 4.03. The topological polar surface area (TPSA) is 28.0 Å². The summed E-state index contributed by atoms with van der Waals surface area (Å²) in [6.07, 6.45) is 0. The predicted molar refractivity (Wildman–Crippen MR) is 120 cm³/mol. The van der Waals surface area contributed by atoms with Crippen molar-refractivity contribution < 1.29 is 9.69 Å². The quantitative estimate of drug-likeness (QED) is 0.703. The van der Waals surface area contributed by atoms with Gasteiger partial charge in [0.15, 0.2) is 6.54 Å². The Kier molecular flexibility index (Phi) is 6.02. The lowest BCUT2D eigenvalue weighted by Crippen LogP contribution is -3.09. The smallest absolute Gasteiger partial charge is 0.277 e. The van der Waals surface area contributed by atoms with Crippen LogP contribution in [0.1, 0.15) is 5.56 Å². The van der Waals surface area contributed by atoms with Crippen LogP contribution in [0.4, 0.5) is 5.69 Å². The molecule has 0 spiro atoms. The standard InChI is InChI=1S/C24H26ClN3O/c1-26(17-19-10-11-20-6-2-3-7-21(20)16-19)18-24(29)28-14-12-27(13-15-28)23-9-5-4-8-22(23)25/h2-11,16H,12-15,17-18H2,1H3/p+1. The molecule has 0 saturated carbocycles. The van der Waals surface area contributed by atoms with Crippen molar-refractivity contribution in [3.63, 3.8) is 0 Å². The average molecular weight is 409 g/mol. The first kappa shape index (κ1) is 19.7. The Morgan fingerprint density at radius 2 is 1.62 bits per heavy atom. The second-order valence-corrected chi connectivity index (χ2v) is 8.22. The summed E-state index contributed by atoms with van der Waals surface area (Å²) < 4.78 is 0. The number of nitrogens with zero attached hydrogens (tertiary/aromatic N) is 2. The molecule has 1 heterocycles. The number of anilines is 1. The summed E-state index contributed by atoms with van der Waals surface area (Å²) in [5.74, 6) is 0.224. The third-order valence-corrected chi connectivity index (χ3v) is 5.92. The van der Waals surface area contributed by atoms with E-state index in [0.717, 1.165) is 43.4 Å². The minimum atomic E-state index is 0.224. The van der Waals surface area contributed by atoms with Gasteiger partial charge in [-0.1, -0.05) is 60.1 Å². The van der Waals surface area contributed by atoms with Gasteiger partial charge in [-0.15, -0.1) is 0 Å². The van der Waals surface area contributed by atoms with E-state index in [1.807, 2.05) is 29.2 Å². The molecule has 1 saturated heterocycles. The van der Waals surface area contributed by atoms with Crippen LogP contribution in [0.3, 0.4) is 0 Å². The van der Waals surface area contributed by atoms with Crippen molar-refractivity contribution in [1.29, 1.82) is 0 Å². The van der Waals surface area contributed by atoms with Crippen molar-refractivity contribution in [2.45, 2.75) is 6.54 Å². The number of carbonyl (C=O) groups is 1. The van der Waals surface area contributed by atoms with Crippen LogP contribution in [0.5, 0.6) is 0 Å². The number of likely N-dealkylation sites (N-methyl/N-ethyl adjacent to an activating group) is 1. The number of fused-ring (bicyclic) bond motifs is 1. The molecule has 3 aromatic carbocycles. The van der Waals surface area contributed by atoms with Crippen molar-refractivity contribution in [2.75, 3.05) is 44.7 Å². The van der Waals surface area contributed by atoms with E-state index >= 15 is 0 Å². The minimum absolute atomic E-state index is 0.224. The minimum Gasteiger partial charge on any atom is -0.367 e. The molecule has 150 valence electrons. The van der Waals surface area contributed by atoms with Crippen LogP contribution in [0, 0.1) is 0 Å². The lowest BCUT2D eigenvalue weighted by atomic mass is 10.1. The molecule has 5 heteroatoms.